The molecule has 5 heterocycles. The largest absolute Gasteiger partial charge is 0.340 e. The summed E-state index contributed by atoms with van der Waals surface area (Å²) in [4.78, 5) is 23.2. The second kappa shape index (κ2) is 7.67. The van der Waals surface area contributed by atoms with Gasteiger partial charge in [0.1, 0.15) is 0 Å². The van der Waals surface area contributed by atoms with Crippen LogP contribution in [-0.2, 0) is 11.3 Å². The molecule has 3 aliphatic heterocycles. The fraction of sp³-hybridized carbons (Fsp3) is 0.276. The molecule has 4 aromatic rings. The van der Waals surface area contributed by atoms with Gasteiger partial charge >= 0.3 is 0 Å². The van der Waals surface area contributed by atoms with Crippen molar-refractivity contribution in [1.29, 1.82) is 0 Å². The molecule has 36 heavy (non-hydrogen) atoms. The zero-order valence-corrected chi connectivity index (χ0v) is 20.1. The first-order valence-corrected chi connectivity index (χ1v) is 12.4. The lowest BCUT2D eigenvalue weighted by Crippen LogP contribution is -2.59. The average Bonchev–Trinajstić information content (AvgIpc) is 3.60. The molecular weight excluding hydrogens is 448 g/mol. The topological polar surface area (TPSA) is 59.4 Å². The second-order valence-electron chi connectivity index (χ2n) is 10.3. The highest BCUT2D eigenvalue weighted by atomic mass is 16.2. The summed E-state index contributed by atoms with van der Waals surface area (Å²) < 4.78 is 4.37. The molecule has 0 aliphatic carbocycles. The van der Waals surface area contributed by atoms with Crippen molar-refractivity contribution in [1.82, 2.24) is 19.4 Å². The van der Waals surface area contributed by atoms with E-state index in [0.717, 1.165) is 59.1 Å². The van der Waals surface area contributed by atoms with E-state index in [1.54, 1.807) is 0 Å². The van der Waals surface area contributed by atoms with E-state index in [0.29, 0.717) is 24.6 Å². The Morgan fingerprint density at radius 3 is 2.72 bits per heavy atom. The Labute approximate surface area is 209 Å². The molecule has 0 saturated carbocycles. The summed E-state index contributed by atoms with van der Waals surface area (Å²) >= 11 is 0. The molecule has 7 heteroatoms. The van der Waals surface area contributed by atoms with Crippen molar-refractivity contribution in [3.63, 3.8) is 0 Å². The minimum absolute atomic E-state index is 0.0746. The lowest BCUT2D eigenvalue weighted by Gasteiger charge is -2.44. The summed E-state index contributed by atoms with van der Waals surface area (Å²) in [6, 6.07) is 16.2. The number of benzene rings is 2. The summed E-state index contributed by atoms with van der Waals surface area (Å²) in [7, 11) is 0. The fourth-order valence-corrected chi connectivity index (χ4v) is 5.94. The Morgan fingerprint density at radius 1 is 1.14 bits per heavy atom. The van der Waals surface area contributed by atoms with Crippen LogP contribution in [-0.4, -0.2) is 38.7 Å². The predicted octanol–water partition coefficient (Wildman–Crippen LogP) is 5.03. The predicted molar refractivity (Wildman–Crippen MR) is 139 cm³/mol. The number of anilines is 1. The molecule has 7 nitrogen and oxygen atoms in total. The van der Waals surface area contributed by atoms with Crippen LogP contribution in [0.5, 0.6) is 0 Å². The molecule has 0 bridgehead atoms. The lowest BCUT2D eigenvalue weighted by molar-refractivity contribution is -0.117. The highest BCUT2D eigenvalue weighted by Crippen LogP contribution is 2.39. The van der Waals surface area contributed by atoms with Gasteiger partial charge in [-0.1, -0.05) is 24.3 Å². The first-order chi connectivity index (χ1) is 17.5. The number of carbonyl (C=O) groups is 1. The Kier molecular flexibility index (Phi) is 4.51. The molecule has 1 N–H and O–H groups in total. The number of rotatable bonds is 3. The van der Waals surface area contributed by atoms with E-state index >= 15 is 0 Å². The summed E-state index contributed by atoms with van der Waals surface area (Å²) in [6.45, 7) is 11.9. The van der Waals surface area contributed by atoms with Gasteiger partial charge in [-0.3, -0.25) is 9.36 Å². The maximum absolute atomic E-state index is 13.0. The van der Waals surface area contributed by atoms with Gasteiger partial charge in [-0.05, 0) is 55.3 Å². The molecule has 2 unspecified atom stereocenters. The third kappa shape index (κ3) is 3.15. The Balaban J connectivity index is 1.26. The number of nitrogens with one attached hydrogen (secondary N) is 1. The maximum atomic E-state index is 13.0. The van der Waals surface area contributed by atoms with E-state index in [1.165, 1.54) is 0 Å². The van der Waals surface area contributed by atoms with Gasteiger partial charge in [0.25, 0.3) is 0 Å². The number of fused-ring (bicyclic) bond motifs is 5. The standard InChI is InChI=1S/C29H26N6O/c1-29(9-10-32-29)22-15-27(36)35(18-22)24-7-8-25-21(13-24)17-33-16-20(19-3-5-23(30-2)6-4-19)14-26(33)28-31-11-12-34(25)28/h3-8,11-14,16,22,32H,9-10,15,17-18H2,1H3. The molecule has 7 rings (SSSR count). The van der Waals surface area contributed by atoms with Crippen molar-refractivity contribution in [3.05, 3.63) is 84.1 Å². The number of carbonyl (C=O) groups excluding carboxylic acids is 1. The molecular formula is C29H26N6O. The molecule has 178 valence electrons. The number of imidazole rings is 1. The highest BCUT2D eigenvalue weighted by molar-refractivity contribution is 5.96. The van der Waals surface area contributed by atoms with E-state index in [9.17, 15) is 4.79 Å². The molecule has 0 spiro atoms. The van der Waals surface area contributed by atoms with Crippen LogP contribution in [0.15, 0.2) is 67.1 Å². The van der Waals surface area contributed by atoms with Crippen LogP contribution in [0.4, 0.5) is 11.4 Å². The SMILES string of the molecule is [C-]#[N+]c1ccc(-c2cc3n(c2)Cc2cc(N4CC(C5(C)CCN5)CC4=O)ccc2-n2ccnc2-3)cc1. The number of nitrogens with zero attached hydrogens (tertiary/aromatic N) is 5. The normalized spacial score (nSPS) is 22.3. The monoisotopic (exact) mass is 474 g/mol. The zero-order chi connectivity index (χ0) is 24.4. The molecule has 2 saturated heterocycles. The van der Waals surface area contributed by atoms with E-state index in [4.69, 9.17) is 6.57 Å². The Hall–Kier alpha value is -4.15. The zero-order valence-electron chi connectivity index (χ0n) is 20.1. The number of amides is 1. The average molecular weight is 475 g/mol. The van der Waals surface area contributed by atoms with E-state index in [1.807, 2.05) is 41.6 Å². The third-order valence-electron chi connectivity index (χ3n) is 8.27. The van der Waals surface area contributed by atoms with Gasteiger partial charge in [-0.15, -0.1) is 0 Å². The van der Waals surface area contributed by atoms with Crippen molar-refractivity contribution in [3.8, 4) is 28.3 Å². The summed E-state index contributed by atoms with van der Waals surface area (Å²) in [5.41, 5.74) is 7.13. The summed E-state index contributed by atoms with van der Waals surface area (Å²) in [5.74, 6) is 1.44. The second-order valence-corrected chi connectivity index (χ2v) is 10.3. The summed E-state index contributed by atoms with van der Waals surface area (Å²) in [6.07, 6.45) is 7.72. The first-order valence-electron chi connectivity index (χ1n) is 12.4. The molecule has 0 radical (unpaired) electrons. The smallest absolute Gasteiger partial charge is 0.227 e. The van der Waals surface area contributed by atoms with Gasteiger partial charge in [0.2, 0.25) is 5.91 Å². The molecule has 2 fully saturated rings. The quantitative estimate of drug-likeness (QED) is 0.374. The van der Waals surface area contributed by atoms with Gasteiger partial charge in [0, 0.05) is 60.8 Å². The maximum Gasteiger partial charge on any atom is 0.227 e. The molecule has 2 aromatic heterocycles. The van der Waals surface area contributed by atoms with Crippen molar-refractivity contribution in [2.24, 2.45) is 5.92 Å². The molecule has 2 atom stereocenters. The fourth-order valence-electron chi connectivity index (χ4n) is 5.94. The highest BCUT2D eigenvalue weighted by Gasteiger charge is 2.45. The van der Waals surface area contributed by atoms with Crippen molar-refractivity contribution >= 4 is 17.3 Å². The van der Waals surface area contributed by atoms with E-state index in [2.05, 4.69) is 61.7 Å². The number of aromatic nitrogens is 3. The summed E-state index contributed by atoms with van der Waals surface area (Å²) in [5, 5.41) is 3.55. The van der Waals surface area contributed by atoms with Crippen LogP contribution in [0.3, 0.4) is 0 Å². The number of hydrogen-bond acceptors (Lipinski definition) is 3. The van der Waals surface area contributed by atoms with Crippen LogP contribution in [0, 0.1) is 12.5 Å². The number of hydrogen-bond donors (Lipinski definition) is 1. The van der Waals surface area contributed by atoms with Crippen LogP contribution in [0.25, 0.3) is 33.2 Å². The van der Waals surface area contributed by atoms with Gasteiger partial charge < -0.3 is 14.8 Å². The van der Waals surface area contributed by atoms with Crippen molar-refractivity contribution in [2.75, 3.05) is 18.0 Å². The molecule has 1 amide bonds. The van der Waals surface area contributed by atoms with Gasteiger partial charge in [-0.2, -0.15) is 0 Å². The van der Waals surface area contributed by atoms with Crippen LogP contribution in [0.1, 0.15) is 25.3 Å². The van der Waals surface area contributed by atoms with Crippen LogP contribution < -0.4 is 10.2 Å². The van der Waals surface area contributed by atoms with Crippen LogP contribution >= 0.6 is 0 Å². The van der Waals surface area contributed by atoms with Gasteiger partial charge in [-0.25, -0.2) is 9.83 Å². The minimum Gasteiger partial charge on any atom is -0.340 e. The Bertz CT molecular complexity index is 1550. The van der Waals surface area contributed by atoms with Gasteiger partial charge in [0.05, 0.1) is 18.0 Å². The van der Waals surface area contributed by atoms with Crippen LogP contribution in [0.2, 0.25) is 0 Å². The van der Waals surface area contributed by atoms with Gasteiger partial charge in [0.15, 0.2) is 11.5 Å². The van der Waals surface area contributed by atoms with E-state index in [-0.39, 0.29) is 11.4 Å². The van der Waals surface area contributed by atoms with Crippen molar-refractivity contribution in [2.45, 2.75) is 31.8 Å². The Morgan fingerprint density at radius 2 is 1.97 bits per heavy atom. The minimum atomic E-state index is 0.0746. The molecule has 2 aromatic carbocycles. The molecule has 3 aliphatic rings. The lowest BCUT2D eigenvalue weighted by atomic mass is 9.77. The van der Waals surface area contributed by atoms with E-state index < -0.39 is 0 Å². The third-order valence-corrected chi connectivity index (χ3v) is 8.27. The van der Waals surface area contributed by atoms with Crippen molar-refractivity contribution < 1.29 is 4.79 Å². The first kappa shape index (κ1) is 21.2.